The first-order valence-corrected chi connectivity index (χ1v) is 5.46. The Morgan fingerprint density at radius 1 is 1.24 bits per heavy atom. The molecule has 4 nitrogen and oxygen atoms in total. The summed E-state index contributed by atoms with van der Waals surface area (Å²) in [5, 5.41) is 0. The summed E-state index contributed by atoms with van der Waals surface area (Å²) >= 11 is 0. The number of anilines is 1. The molecule has 0 atom stereocenters. The van der Waals surface area contributed by atoms with Gasteiger partial charge < -0.3 is 10.3 Å². The average Bonchev–Trinajstić information content (AvgIpc) is 2.33. The van der Waals surface area contributed by atoms with Crippen LogP contribution in [0.15, 0.2) is 18.2 Å². The third-order valence-corrected chi connectivity index (χ3v) is 2.50. The summed E-state index contributed by atoms with van der Waals surface area (Å²) in [6.07, 6.45) is -9.40. The van der Waals surface area contributed by atoms with Crippen molar-refractivity contribution in [3.63, 3.8) is 0 Å². The smallest absolute Gasteiger partial charge is 0.333 e. The topological polar surface area (TPSA) is 58.4 Å². The number of nitrogen functional groups attached to an aromatic ring is 1. The Labute approximate surface area is 115 Å². The van der Waals surface area contributed by atoms with Gasteiger partial charge in [0.25, 0.3) is 5.91 Å². The molecule has 3 N–H and O–H groups in total. The normalized spacial score (nSPS) is 12.2. The highest BCUT2D eigenvalue weighted by molar-refractivity contribution is 5.99. The third-order valence-electron chi connectivity index (χ3n) is 2.50. The van der Waals surface area contributed by atoms with Crippen molar-refractivity contribution in [3.8, 4) is 0 Å². The Balaban J connectivity index is 3.18. The van der Waals surface area contributed by atoms with E-state index in [1.807, 2.05) is 5.43 Å². The minimum atomic E-state index is -4.73. The Morgan fingerprint density at radius 3 is 2.24 bits per heavy atom. The Hall–Kier alpha value is -1.97. The summed E-state index contributed by atoms with van der Waals surface area (Å²) in [7, 11) is 0.830. The average molecular weight is 315 g/mol. The molecule has 0 spiro atoms. The molecule has 0 unspecified atom stereocenters. The summed E-state index contributed by atoms with van der Waals surface area (Å²) in [5.41, 5.74) is 0.0104. The van der Waals surface area contributed by atoms with E-state index in [1.165, 1.54) is 0 Å². The SMILES string of the molecule is CN(CC(F)(F)F)C(=O)c1cc(C(F)(F)F)ccc1NN. The van der Waals surface area contributed by atoms with E-state index in [0.29, 0.717) is 12.1 Å². The van der Waals surface area contributed by atoms with Crippen LogP contribution in [0.2, 0.25) is 0 Å². The van der Waals surface area contributed by atoms with E-state index in [0.717, 1.165) is 13.1 Å². The lowest BCUT2D eigenvalue weighted by atomic mass is 10.1. The molecule has 0 bridgehead atoms. The highest BCUT2D eigenvalue weighted by Crippen LogP contribution is 2.32. The number of alkyl halides is 6. The zero-order valence-electron chi connectivity index (χ0n) is 10.6. The van der Waals surface area contributed by atoms with Crippen LogP contribution >= 0.6 is 0 Å². The van der Waals surface area contributed by atoms with E-state index in [9.17, 15) is 31.1 Å². The number of hydrazine groups is 1. The van der Waals surface area contributed by atoms with Crippen LogP contribution in [0, 0.1) is 0 Å². The molecule has 1 aromatic rings. The highest BCUT2D eigenvalue weighted by atomic mass is 19.4. The lowest BCUT2D eigenvalue weighted by molar-refractivity contribution is -0.139. The molecular formula is C11H11F6N3O. The Bertz CT molecular complexity index is 526. The van der Waals surface area contributed by atoms with Crippen LogP contribution in [-0.4, -0.2) is 30.6 Å². The summed E-state index contributed by atoms with van der Waals surface area (Å²) in [6.45, 7) is -1.59. The molecule has 0 saturated heterocycles. The van der Waals surface area contributed by atoms with Crippen LogP contribution in [0.25, 0.3) is 0 Å². The van der Waals surface area contributed by atoms with E-state index < -0.39 is 35.9 Å². The lowest BCUT2D eigenvalue weighted by Crippen LogP contribution is -2.36. The quantitative estimate of drug-likeness (QED) is 0.512. The van der Waals surface area contributed by atoms with Crippen LogP contribution in [0.1, 0.15) is 15.9 Å². The predicted molar refractivity (Wildman–Crippen MR) is 62.3 cm³/mol. The van der Waals surface area contributed by atoms with Crippen molar-refractivity contribution in [2.75, 3.05) is 19.0 Å². The fourth-order valence-electron chi connectivity index (χ4n) is 1.57. The lowest BCUT2D eigenvalue weighted by Gasteiger charge is -2.21. The summed E-state index contributed by atoms with van der Waals surface area (Å²) in [5.74, 6) is 3.82. The molecule has 0 saturated carbocycles. The molecule has 1 amide bonds. The molecule has 0 radical (unpaired) electrons. The number of nitrogens with one attached hydrogen (secondary N) is 1. The molecule has 0 aliphatic heterocycles. The largest absolute Gasteiger partial charge is 0.416 e. The predicted octanol–water partition coefficient (Wildman–Crippen LogP) is 2.63. The molecule has 118 valence electrons. The van der Waals surface area contributed by atoms with Crippen LogP contribution in [0.5, 0.6) is 0 Å². The van der Waals surface area contributed by atoms with Crippen molar-refractivity contribution in [3.05, 3.63) is 29.3 Å². The van der Waals surface area contributed by atoms with E-state index in [1.54, 1.807) is 0 Å². The van der Waals surface area contributed by atoms with Gasteiger partial charge in [0.2, 0.25) is 0 Å². The molecule has 0 heterocycles. The van der Waals surface area contributed by atoms with Gasteiger partial charge in [-0.05, 0) is 18.2 Å². The van der Waals surface area contributed by atoms with Crippen molar-refractivity contribution < 1.29 is 31.1 Å². The Morgan fingerprint density at radius 2 is 1.81 bits per heavy atom. The fourth-order valence-corrected chi connectivity index (χ4v) is 1.57. The van der Waals surface area contributed by atoms with Crippen LogP contribution in [0.4, 0.5) is 32.0 Å². The fraction of sp³-hybridized carbons (Fsp3) is 0.364. The van der Waals surface area contributed by atoms with Gasteiger partial charge in [0, 0.05) is 7.05 Å². The maximum atomic E-state index is 12.6. The number of hydrogen-bond acceptors (Lipinski definition) is 3. The first kappa shape index (κ1) is 17.1. The van der Waals surface area contributed by atoms with Gasteiger partial charge >= 0.3 is 12.4 Å². The maximum absolute atomic E-state index is 12.6. The highest BCUT2D eigenvalue weighted by Gasteiger charge is 2.34. The number of nitrogens with two attached hydrogens (primary N) is 1. The number of carbonyl (C=O) groups excluding carboxylic acids is 1. The minimum Gasteiger partial charge on any atom is -0.333 e. The molecule has 1 aromatic carbocycles. The molecule has 0 aliphatic rings. The van der Waals surface area contributed by atoms with Crippen LogP contribution < -0.4 is 11.3 Å². The van der Waals surface area contributed by atoms with Crippen molar-refractivity contribution in [1.29, 1.82) is 0 Å². The van der Waals surface area contributed by atoms with E-state index in [2.05, 4.69) is 0 Å². The number of halogens is 6. The zero-order chi connectivity index (χ0) is 16.4. The first-order valence-electron chi connectivity index (χ1n) is 5.46. The third kappa shape index (κ3) is 4.52. The molecule has 0 fully saturated rings. The van der Waals surface area contributed by atoms with Crippen molar-refractivity contribution in [1.82, 2.24) is 4.90 Å². The van der Waals surface area contributed by atoms with Gasteiger partial charge in [0.15, 0.2) is 0 Å². The standard InChI is InChI=1S/C11H11F6N3O/c1-20(5-10(12,13)14)9(21)7-4-6(11(15,16)17)2-3-8(7)19-18/h2-4,19H,5,18H2,1H3. The number of hydrogen-bond donors (Lipinski definition) is 2. The van der Waals surface area contributed by atoms with Gasteiger partial charge in [-0.25, -0.2) is 0 Å². The summed E-state index contributed by atoms with van der Waals surface area (Å²) in [4.78, 5) is 12.1. The van der Waals surface area contributed by atoms with Crippen molar-refractivity contribution in [2.45, 2.75) is 12.4 Å². The van der Waals surface area contributed by atoms with E-state index in [4.69, 9.17) is 5.84 Å². The molecular weight excluding hydrogens is 304 g/mol. The number of rotatable bonds is 3. The molecule has 21 heavy (non-hydrogen) atoms. The number of amides is 1. The van der Waals surface area contributed by atoms with Gasteiger partial charge in [-0.15, -0.1) is 0 Å². The molecule has 1 rings (SSSR count). The molecule has 0 aliphatic carbocycles. The van der Waals surface area contributed by atoms with Gasteiger partial charge in [0.05, 0.1) is 16.8 Å². The molecule has 0 aromatic heterocycles. The van der Waals surface area contributed by atoms with Gasteiger partial charge in [-0.2, -0.15) is 26.3 Å². The van der Waals surface area contributed by atoms with Gasteiger partial charge in [-0.1, -0.05) is 0 Å². The second-order valence-electron chi connectivity index (χ2n) is 4.18. The number of carbonyl (C=O) groups is 1. The second-order valence-corrected chi connectivity index (χ2v) is 4.18. The van der Waals surface area contributed by atoms with Crippen molar-refractivity contribution >= 4 is 11.6 Å². The maximum Gasteiger partial charge on any atom is 0.416 e. The van der Waals surface area contributed by atoms with Crippen molar-refractivity contribution in [2.24, 2.45) is 5.84 Å². The Kier molecular flexibility index (Phi) is 4.72. The second kappa shape index (κ2) is 5.80. The minimum absolute atomic E-state index is 0.206. The number of benzene rings is 1. The van der Waals surface area contributed by atoms with Gasteiger partial charge in [-0.3, -0.25) is 10.6 Å². The van der Waals surface area contributed by atoms with Crippen LogP contribution in [0.3, 0.4) is 0 Å². The monoisotopic (exact) mass is 315 g/mol. The summed E-state index contributed by atoms with van der Waals surface area (Å²) < 4.78 is 74.4. The van der Waals surface area contributed by atoms with Crippen LogP contribution in [-0.2, 0) is 6.18 Å². The van der Waals surface area contributed by atoms with Gasteiger partial charge in [0.1, 0.15) is 6.54 Å². The first-order chi connectivity index (χ1) is 9.45. The molecule has 10 heteroatoms. The van der Waals surface area contributed by atoms with E-state index in [-0.39, 0.29) is 10.6 Å². The van der Waals surface area contributed by atoms with E-state index >= 15 is 0 Å². The number of nitrogens with zero attached hydrogens (tertiary/aromatic N) is 1. The summed E-state index contributed by atoms with van der Waals surface area (Å²) in [6, 6.07) is 1.98. The zero-order valence-corrected chi connectivity index (χ0v) is 10.6.